The van der Waals surface area contributed by atoms with Gasteiger partial charge in [0.2, 0.25) is 5.91 Å². The third-order valence-corrected chi connectivity index (χ3v) is 5.94. The van der Waals surface area contributed by atoms with Crippen LogP contribution in [0.25, 0.3) is 16.6 Å². The van der Waals surface area contributed by atoms with Gasteiger partial charge >= 0.3 is 0 Å². The van der Waals surface area contributed by atoms with E-state index < -0.39 is 11.8 Å². The van der Waals surface area contributed by atoms with Gasteiger partial charge in [0.1, 0.15) is 0 Å². The number of para-hydroxylation sites is 1. The van der Waals surface area contributed by atoms with Crippen molar-refractivity contribution in [2.24, 2.45) is 0 Å². The lowest BCUT2D eigenvalue weighted by Gasteiger charge is -2.13. The molecule has 1 aromatic heterocycles. The summed E-state index contributed by atoms with van der Waals surface area (Å²) in [5.74, 6) is -1.09. The summed E-state index contributed by atoms with van der Waals surface area (Å²) in [4.78, 5) is 42.3. The Hall–Kier alpha value is -4.13. The number of carbonyl (C=O) groups excluding carboxylic acids is 2. The van der Waals surface area contributed by atoms with Crippen molar-refractivity contribution in [3.8, 4) is 11.8 Å². The maximum Gasteiger partial charge on any atom is 0.269 e. The van der Waals surface area contributed by atoms with E-state index in [9.17, 15) is 14.4 Å². The third-order valence-electron chi connectivity index (χ3n) is 4.75. The van der Waals surface area contributed by atoms with Gasteiger partial charge in [-0.15, -0.1) is 0 Å². The van der Waals surface area contributed by atoms with Gasteiger partial charge in [-0.1, -0.05) is 35.5 Å². The van der Waals surface area contributed by atoms with Crippen LogP contribution in [0.3, 0.4) is 0 Å². The van der Waals surface area contributed by atoms with Crippen LogP contribution < -0.4 is 16.4 Å². The van der Waals surface area contributed by atoms with E-state index in [0.717, 1.165) is 11.8 Å². The zero-order valence-corrected chi connectivity index (χ0v) is 19.1. The zero-order valence-electron chi connectivity index (χ0n) is 17.5. The Bertz CT molecular complexity index is 1480. The number of aromatic nitrogens is 2. The van der Waals surface area contributed by atoms with Crippen molar-refractivity contribution in [3.05, 3.63) is 99.3 Å². The summed E-state index contributed by atoms with van der Waals surface area (Å²) in [6.45, 7) is 0. The normalized spacial score (nSPS) is 10.5. The minimum absolute atomic E-state index is 0.109. The number of carbonyl (C=O) groups is 2. The number of hydrazine groups is 1. The molecule has 4 aromatic rings. The maximum absolute atomic E-state index is 13.2. The van der Waals surface area contributed by atoms with E-state index in [0.29, 0.717) is 37.9 Å². The summed E-state index contributed by atoms with van der Waals surface area (Å²) in [7, 11) is 0. The summed E-state index contributed by atoms with van der Waals surface area (Å²) in [6, 6.07) is 21.7. The Labute approximate surface area is 203 Å². The minimum Gasteiger partial charge on any atom is -0.272 e. The molecule has 4 rings (SSSR count). The first-order valence-corrected chi connectivity index (χ1v) is 11.3. The lowest BCUT2D eigenvalue weighted by atomic mass is 10.2. The van der Waals surface area contributed by atoms with Crippen LogP contribution in [0.5, 0.6) is 0 Å². The first kappa shape index (κ1) is 23.0. The molecule has 0 radical (unpaired) electrons. The molecule has 0 aliphatic heterocycles. The number of amides is 2. The predicted molar refractivity (Wildman–Crippen MR) is 130 cm³/mol. The molecule has 8 nitrogen and oxygen atoms in total. The first-order chi connectivity index (χ1) is 16.5. The SMILES string of the molecule is N#Cc1ccc(-n2c(SCC(=O)NNC(=O)c3ccc(Cl)cc3)nc3ccccc3c2=O)cc1. The lowest BCUT2D eigenvalue weighted by Crippen LogP contribution is -2.42. The number of thioether (sulfide) groups is 1. The van der Waals surface area contributed by atoms with Gasteiger partial charge in [-0.3, -0.25) is 29.8 Å². The number of nitriles is 1. The van der Waals surface area contributed by atoms with Gasteiger partial charge in [0.05, 0.1) is 34.0 Å². The molecular formula is C24H16ClN5O3S. The van der Waals surface area contributed by atoms with Crippen LogP contribution >= 0.6 is 23.4 Å². The molecule has 0 bridgehead atoms. The van der Waals surface area contributed by atoms with Crippen molar-refractivity contribution in [1.82, 2.24) is 20.4 Å². The van der Waals surface area contributed by atoms with Gasteiger partial charge in [-0.25, -0.2) is 4.98 Å². The Morgan fingerprint density at radius 3 is 2.41 bits per heavy atom. The Balaban J connectivity index is 1.54. The largest absolute Gasteiger partial charge is 0.272 e. The molecule has 0 saturated heterocycles. The number of hydrogen-bond donors (Lipinski definition) is 2. The van der Waals surface area contributed by atoms with Crippen LogP contribution in [0.15, 0.2) is 82.7 Å². The number of halogens is 1. The van der Waals surface area contributed by atoms with Crippen molar-refractivity contribution in [1.29, 1.82) is 5.26 Å². The molecule has 34 heavy (non-hydrogen) atoms. The average molecular weight is 490 g/mol. The fourth-order valence-electron chi connectivity index (χ4n) is 3.09. The van der Waals surface area contributed by atoms with Gasteiger partial charge in [0.15, 0.2) is 5.16 Å². The Morgan fingerprint density at radius 2 is 1.71 bits per heavy atom. The molecule has 2 amide bonds. The van der Waals surface area contributed by atoms with Gasteiger partial charge in [0, 0.05) is 10.6 Å². The highest BCUT2D eigenvalue weighted by molar-refractivity contribution is 7.99. The molecule has 1 heterocycles. The van der Waals surface area contributed by atoms with Crippen molar-refractivity contribution in [2.75, 3.05) is 5.75 Å². The summed E-state index contributed by atoms with van der Waals surface area (Å²) >= 11 is 6.86. The molecule has 0 aliphatic rings. The van der Waals surface area contributed by atoms with E-state index in [1.807, 2.05) is 6.07 Å². The number of nitrogens with one attached hydrogen (secondary N) is 2. The quantitative estimate of drug-likeness (QED) is 0.252. The molecule has 0 spiro atoms. The predicted octanol–water partition coefficient (Wildman–Crippen LogP) is 3.46. The van der Waals surface area contributed by atoms with E-state index in [1.54, 1.807) is 60.7 Å². The number of benzene rings is 3. The molecule has 0 fully saturated rings. The lowest BCUT2D eigenvalue weighted by molar-refractivity contribution is -0.119. The minimum atomic E-state index is -0.492. The molecule has 3 aromatic carbocycles. The zero-order chi connectivity index (χ0) is 24.1. The maximum atomic E-state index is 13.2. The van der Waals surface area contributed by atoms with Crippen LogP contribution in [0.2, 0.25) is 5.02 Å². The highest BCUT2D eigenvalue weighted by Gasteiger charge is 2.15. The van der Waals surface area contributed by atoms with E-state index in [2.05, 4.69) is 15.8 Å². The second kappa shape index (κ2) is 10.2. The average Bonchev–Trinajstić information content (AvgIpc) is 2.86. The van der Waals surface area contributed by atoms with E-state index in [-0.39, 0.29) is 11.3 Å². The standard InChI is InChI=1S/C24H16ClN5O3S/c25-17-9-7-16(8-10-17)22(32)29-28-21(31)14-34-24-27-20-4-2-1-3-19(20)23(33)30(24)18-11-5-15(13-26)6-12-18/h1-12H,14H2,(H,28,31)(H,29,32). The van der Waals surface area contributed by atoms with E-state index in [4.69, 9.17) is 16.9 Å². The molecule has 0 atom stereocenters. The van der Waals surface area contributed by atoms with Crippen LogP contribution in [0.4, 0.5) is 0 Å². The van der Waals surface area contributed by atoms with Crippen LogP contribution in [-0.4, -0.2) is 27.1 Å². The van der Waals surface area contributed by atoms with Crippen LogP contribution in [0, 0.1) is 11.3 Å². The summed E-state index contributed by atoms with van der Waals surface area (Å²) in [5.41, 5.74) is 6.19. The number of rotatable bonds is 5. The van der Waals surface area contributed by atoms with E-state index >= 15 is 0 Å². The fourth-order valence-corrected chi connectivity index (χ4v) is 4.03. The smallest absolute Gasteiger partial charge is 0.269 e. The number of hydrogen-bond acceptors (Lipinski definition) is 6. The van der Waals surface area contributed by atoms with Crippen molar-refractivity contribution >= 4 is 46.1 Å². The molecule has 168 valence electrons. The van der Waals surface area contributed by atoms with Crippen molar-refractivity contribution in [2.45, 2.75) is 5.16 Å². The van der Waals surface area contributed by atoms with Crippen LogP contribution in [-0.2, 0) is 4.79 Å². The molecule has 2 N–H and O–H groups in total. The highest BCUT2D eigenvalue weighted by atomic mass is 35.5. The Morgan fingerprint density at radius 1 is 1.00 bits per heavy atom. The fraction of sp³-hybridized carbons (Fsp3) is 0.0417. The van der Waals surface area contributed by atoms with Gasteiger partial charge < -0.3 is 0 Å². The monoisotopic (exact) mass is 489 g/mol. The van der Waals surface area contributed by atoms with Gasteiger partial charge in [-0.05, 0) is 60.7 Å². The highest BCUT2D eigenvalue weighted by Crippen LogP contribution is 2.21. The molecule has 0 aliphatic carbocycles. The molecular weight excluding hydrogens is 474 g/mol. The second-order valence-electron chi connectivity index (χ2n) is 7.01. The van der Waals surface area contributed by atoms with E-state index in [1.165, 1.54) is 16.7 Å². The second-order valence-corrected chi connectivity index (χ2v) is 8.39. The molecule has 0 saturated carbocycles. The Kier molecular flexibility index (Phi) is 6.92. The summed E-state index contributed by atoms with van der Waals surface area (Å²) in [6.07, 6.45) is 0. The summed E-state index contributed by atoms with van der Waals surface area (Å²) < 4.78 is 1.40. The van der Waals surface area contributed by atoms with Gasteiger partial charge in [-0.2, -0.15) is 5.26 Å². The first-order valence-electron chi connectivity index (χ1n) is 9.96. The number of nitrogens with zero attached hydrogens (tertiary/aromatic N) is 3. The summed E-state index contributed by atoms with van der Waals surface area (Å²) in [5, 5.41) is 10.3. The van der Waals surface area contributed by atoms with Crippen molar-refractivity contribution < 1.29 is 9.59 Å². The van der Waals surface area contributed by atoms with Crippen molar-refractivity contribution in [3.63, 3.8) is 0 Å². The molecule has 10 heteroatoms. The molecule has 0 unspecified atom stereocenters. The third kappa shape index (κ3) is 5.09. The topological polar surface area (TPSA) is 117 Å². The van der Waals surface area contributed by atoms with Crippen LogP contribution in [0.1, 0.15) is 15.9 Å². The number of fused-ring (bicyclic) bond motifs is 1. The van der Waals surface area contributed by atoms with Gasteiger partial charge in [0.25, 0.3) is 11.5 Å².